The van der Waals surface area contributed by atoms with Crippen molar-refractivity contribution in [3.05, 3.63) is 18.2 Å². The average molecular weight is 206 g/mol. The molecule has 1 aromatic heterocycles. The van der Waals surface area contributed by atoms with Crippen LogP contribution in [0.1, 0.15) is 18.5 Å². The molecule has 0 radical (unpaired) electrons. The maximum Gasteiger partial charge on any atom is 0.0922 e. The second kappa shape index (κ2) is 3.94. The Morgan fingerprint density at radius 3 is 3.27 bits per heavy atom. The second-order valence-electron chi connectivity index (χ2n) is 4.70. The number of aromatic amines is 1. The summed E-state index contributed by atoms with van der Waals surface area (Å²) >= 11 is 0. The van der Waals surface area contributed by atoms with E-state index < -0.39 is 0 Å². The molecular formula is C11H18N4. The zero-order chi connectivity index (χ0) is 10.1. The van der Waals surface area contributed by atoms with Gasteiger partial charge < -0.3 is 15.2 Å². The normalized spacial score (nSPS) is 34.5. The number of piperidine rings is 1. The van der Waals surface area contributed by atoms with Crippen LogP contribution in [0.5, 0.6) is 0 Å². The first-order valence-corrected chi connectivity index (χ1v) is 5.85. The van der Waals surface area contributed by atoms with Gasteiger partial charge in [0.1, 0.15) is 0 Å². The van der Waals surface area contributed by atoms with Crippen molar-refractivity contribution < 1.29 is 0 Å². The molecule has 0 saturated carbocycles. The minimum atomic E-state index is 0.715. The Morgan fingerprint density at radius 2 is 2.40 bits per heavy atom. The lowest BCUT2D eigenvalue weighted by Crippen LogP contribution is -2.43. The summed E-state index contributed by atoms with van der Waals surface area (Å²) in [5.41, 5.74) is 1.19. The van der Waals surface area contributed by atoms with E-state index in [9.17, 15) is 0 Å². The van der Waals surface area contributed by atoms with Gasteiger partial charge in [-0.1, -0.05) is 0 Å². The van der Waals surface area contributed by atoms with E-state index in [1.54, 1.807) is 6.33 Å². The van der Waals surface area contributed by atoms with Gasteiger partial charge in [-0.2, -0.15) is 0 Å². The van der Waals surface area contributed by atoms with Gasteiger partial charge in [0.2, 0.25) is 0 Å². The summed E-state index contributed by atoms with van der Waals surface area (Å²) in [6.07, 6.45) is 6.32. The lowest BCUT2D eigenvalue weighted by atomic mass is 9.94. The van der Waals surface area contributed by atoms with E-state index in [2.05, 4.69) is 20.2 Å². The number of nitrogens with one attached hydrogen (secondary N) is 2. The molecule has 2 aliphatic heterocycles. The fourth-order valence-corrected chi connectivity index (χ4v) is 2.84. The first-order valence-electron chi connectivity index (χ1n) is 5.85. The molecular weight excluding hydrogens is 188 g/mol. The van der Waals surface area contributed by atoms with Gasteiger partial charge in [0.25, 0.3) is 0 Å². The third-order valence-corrected chi connectivity index (χ3v) is 3.74. The predicted molar refractivity (Wildman–Crippen MR) is 58.4 cm³/mol. The number of nitrogens with zero attached hydrogens (tertiary/aromatic N) is 2. The topological polar surface area (TPSA) is 44.0 Å². The van der Waals surface area contributed by atoms with Gasteiger partial charge >= 0.3 is 0 Å². The summed E-state index contributed by atoms with van der Waals surface area (Å²) < 4.78 is 0. The van der Waals surface area contributed by atoms with Crippen LogP contribution in [0.25, 0.3) is 0 Å². The van der Waals surface area contributed by atoms with E-state index in [0.717, 1.165) is 12.5 Å². The van der Waals surface area contributed by atoms with Crippen molar-refractivity contribution in [3.8, 4) is 0 Å². The Bertz CT molecular complexity index is 308. The molecule has 15 heavy (non-hydrogen) atoms. The highest BCUT2D eigenvalue weighted by Crippen LogP contribution is 2.27. The Balaban J connectivity index is 1.55. The summed E-state index contributed by atoms with van der Waals surface area (Å²) in [6.45, 7) is 4.83. The highest BCUT2D eigenvalue weighted by molar-refractivity contribution is 4.96. The summed E-state index contributed by atoms with van der Waals surface area (Å²) in [5.74, 6) is 0.877. The molecule has 3 unspecified atom stereocenters. The highest BCUT2D eigenvalue weighted by Gasteiger charge is 2.33. The quantitative estimate of drug-likeness (QED) is 0.761. The monoisotopic (exact) mass is 206 g/mol. The number of fused-ring (bicyclic) bond motifs is 2. The van der Waals surface area contributed by atoms with Gasteiger partial charge in [-0.25, -0.2) is 4.98 Å². The Kier molecular flexibility index (Phi) is 2.46. The van der Waals surface area contributed by atoms with Crippen molar-refractivity contribution in [1.82, 2.24) is 20.2 Å². The third kappa shape index (κ3) is 1.92. The smallest absolute Gasteiger partial charge is 0.0922 e. The van der Waals surface area contributed by atoms with Crippen molar-refractivity contribution >= 4 is 0 Å². The average Bonchev–Trinajstić information content (AvgIpc) is 2.88. The van der Waals surface area contributed by atoms with Gasteiger partial charge in [-0.3, -0.25) is 0 Å². The molecule has 2 aliphatic rings. The van der Waals surface area contributed by atoms with Crippen LogP contribution in [0, 0.1) is 5.92 Å². The molecule has 82 valence electrons. The van der Waals surface area contributed by atoms with Crippen molar-refractivity contribution in [2.45, 2.75) is 25.4 Å². The third-order valence-electron chi connectivity index (χ3n) is 3.74. The van der Waals surface area contributed by atoms with E-state index >= 15 is 0 Å². The fraction of sp³-hybridized carbons (Fsp3) is 0.727. The lowest BCUT2D eigenvalue weighted by Gasteiger charge is -2.30. The Morgan fingerprint density at radius 1 is 1.47 bits per heavy atom. The molecule has 2 saturated heterocycles. The van der Waals surface area contributed by atoms with Crippen molar-refractivity contribution in [2.75, 3.05) is 19.6 Å². The maximum absolute atomic E-state index is 4.03. The Hall–Kier alpha value is -0.870. The van der Waals surface area contributed by atoms with Crippen LogP contribution in [0.4, 0.5) is 0 Å². The molecule has 2 N–H and O–H groups in total. The van der Waals surface area contributed by atoms with Crippen LogP contribution < -0.4 is 5.32 Å². The van der Waals surface area contributed by atoms with Gasteiger partial charge in [0, 0.05) is 31.0 Å². The summed E-state index contributed by atoms with van der Waals surface area (Å²) in [6, 6.07) is 0.715. The first kappa shape index (κ1) is 9.36. The SMILES string of the molecule is c1ncc(CNC2CCN3CCC2C3)[nH]1. The zero-order valence-electron chi connectivity index (χ0n) is 8.95. The van der Waals surface area contributed by atoms with Gasteiger partial charge in [-0.15, -0.1) is 0 Å². The van der Waals surface area contributed by atoms with E-state index in [4.69, 9.17) is 0 Å². The molecule has 0 aromatic carbocycles. The molecule has 4 nitrogen and oxygen atoms in total. The second-order valence-corrected chi connectivity index (χ2v) is 4.70. The van der Waals surface area contributed by atoms with Crippen molar-refractivity contribution in [1.29, 1.82) is 0 Å². The number of hydrogen-bond donors (Lipinski definition) is 2. The molecule has 1 aromatic rings. The molecule has 2 bridgehead atoms. The molecule has 0 spiro atoms. The number of H-pyrrole nitrogens is 1. The van der Waals surface area contributed by atoms with Crippen molar-refractivity contribution in [2.24, 2.45) is 5.92 Å². The van der Waals surface area contributed by atoms with E-state index in [0.29, 0.717) is 6.04 Å². The van der Waals surface area contributed by atoms with Crippen LogP contribution in [0.15, 0.2) is 12.5 Å². The molecule has 2 fully saturated rings. The lowest BCUT2D eigenvalue weighted by molar-refractivity contribution is 0.220. The molecule has 4 heteroatoms. The van der Waals surface area contributed by atoms with Crippen LogP contribution in [-0.2, 0) is 6.54 Å². The van der Waals surface area contributed by atoms with E-state index in [1.807, 2.05) is 6.20 Å². The van der Waals surface area contributed by atoms with Gasteiger partial charge in [0.15, 0.2) is 0 Å². The summed E-state index contributed by atoms with van der Waals surface area (Å²) in [7, 11) is 0. The summed E-state index contributed by atoms with van der Waals surface area (Å²) in [4.78, 5) is 9.75. The van der Waals surface area contributed by atoms with Gasteiger partial charge in [0.05, 0.1) is 6.33 Å². The molecule has 3 heterocycles. The minimum absolute atomic E-state index is 0.715. The number of imidazole rings is 1. The minimum Gasteiger partial charge on any atom is -0.347 e. The highest BCUT2D eigenvalue weighted by atomic mass is 15.2. The fourth-order valence-electron chi connectivity index (χ4n) is 2.84. The maximum atomic E-state index is 4.03. The number of rotatable bonds is 3. The van der Waals surface area contributed by atoms with E-state index in [-0.39, 0.29) is 0 Å². The Labute approximate surface area is 90.1 Å². The van der Waals surface area contributed by atoms with Crippen molar-refractivity contribution in [3.63, 3.8) is 0 Å². The van der Waals surface area contributed by atoms with Crippen LogP contribution in [-0.4, -0.2) is 40.5 Å². The van der Waals surface area contributed by atoms with Crippen LogP contribution in [0.2, 0.25) is 0 Å². The number of aromatic nitrogens is 2. The molecule has 3 rings (SSSR count). The van der Waals surface area contributed by atoms with Gasteiger partial charge in [-0.05, 0) is 31.8 Å². The van der Waals surface area contributed by atoms with Crippen LogP contribution in [0.3, 0.4) is 0 Å². The standard InChI is InChI=1S/C11H18N4/c1-3-15-4-2-11(9(1)7-15)13-6-10-5-12-8-14-10/h5,8-9,11,13H,1-4,6-7H2,(H,12,14). The van der Waals surface area contributed by atoms with E-state index in [1.165, 1.54) is 38.2 Å². The molecule has 0 amide bonds. The summed E-state index contributed by atoms with van der Waals surface area (Å²) in [5, 5.41) is 3.65. The predicted octanol–water partition coefficient (Wildman–Crippen LogP) is 0.593. The largest absolute Gasteiger partial charge is 0.347 e. The van der Waals surface area contributed by atoms with Crippen LogP contribution >= 0.6 is 0 Å². The first-order chi connectivity index (χ1) is 7.42. The molecule has 3 atom stereocenters. The number of hydrogen-bond acceptors (Lipinski definition) is 3. The molecule has 0 aliphatic carbocycles. The zero-order valence-corrected chi connectivity index (χ0v) is 8.95.